The second-order valence-corrected chi connectivity index (χ2v) is 11.8. The number of hydrogen-bond acceptors (Lipinski definition) is 15. The van der Waals surface area contributed by atoms with Crippen LogP contribution in [0.15, 0.2) is 48.5 Å². The van der Waals surface area contributed by atoms with Crippen molar-refractivity contribution in [3.05, 3.63) is 118 Å². The standard InChI is InChI=1S/C16H15ClN6O4.C13H15NO2.C4Cl3N3O2.CH3B.CH4/c1-2-27-12(24)9-22(8-11-5-3-4-10(6-11)7-18)15-13(23(25)26)14(19)20-16(17)21-15;1-3-16-13(15)9-5-7-11-6-4-8-12(10-11)14-2;5-2-1(10(11)12)3(6)9-4(7)8-2;1-2;/h3-6H,2,8-9H2,1H3,(H2,19,20,21);4,6,8,10H,3,5,7,9H2,1H3;;1H3;1H4. The van der Waals surface area contributed by atoms with E-state index in [9.17, 15) is 29.8 Å². The summed E-state index contributed by atoms with van der Waals surface area (Å²) in [5, 5.41) is 29.5. The van der Waals surface area contributed by atoms with Gasteiger partial charge in [-0.05, 0) is 67.6 Å². The quantitative estimate of drug-likeness (QED) is 0.0252. The van der Waals surface area contributed by atoms with Crippen LogP contribution < -0.4 is 10.6 Å². The molecular formula is C35H37BCl4N10O8. The Morgan fingerprint density at radius 1 is 0.897 bits per heavy atom. The highest BCUT2D eigenvalue weighted by Crippen LogP contribution is 2.33. The maximum absolute atomic E-state index is 12.0. The maximum Gasteiger partial charge on any atom is 0.353 e. The van der Waals surface area contributed by atoms with E-state index in [1.807, 2.05) is 24.3 Å². The Kier molecular flexibility index (Phi) is 24.9. The molecule has 18 nitrogen and oxygen atoms in total. The van der Waals surface area contributed by atoms with E-state index >= 15 is 0 Å². The fourth-order valence-electron chi connectivity index (χ4n) is 4.34. The third-order valence-corrected chi connectivity index (χ3v) is 7.41. The maximum atomic E-state index is 12.0. The molecule has 58 heavy (non-hydrogen) atoms. The van der Waals surface area contributed by atoms with Gasteiger partial charge in [0.25, 0.3) is 0 Å². The van der Waals surface area contributed by atoms with Gasteiger partial charge in [0.05, 0.1) is 49.1 Å². The molecule has 0 aliphatic rings. The van der Waals surface area contributed by atoms with Crippen molar-refractivity contribution in [3.63, 3.8) is 0 Å². The number of nitrogens with two attached hydrogens (primary N) is 1. The average Bonchev–Trinajstić information content (AvgIpc) is 3.15. The molecule has 0 saturated carbocycles. The number of carbonyl (C=O) groups excluding carboxylic acids is 2. The van der Waals surface area contributed by atoms with Crippen molar-refractivity contribution in [2.45, 2.75) is 53.9 Å². The van der Waals surface area contributed by atoms with Crippen molar-refractivity contribution in [2.24, 2.45) is 0 Å². The molecule has 0 unspecified atom stereocenters. The van der Waals surface area contributed by atoms with E-state index in [-0.39, 0.29) is 59.8 Å². The van der Waals surface area contributed by atoms with Gasteiger partial charge >= 0.3 is 23.3 Å². The van der Waals surface area contributed by atoms with Crippen molar-refractivity contribution in [1.82, 2.24) is 19.9 Å². The molecule has 2 aromatic carbocycles. The summed E-state index contributed by atoms with van der Waals surface area (Å²) in [6, 6.07) is 16.1. The predicted octanol–water partition coefficient (Wildman–Crippen LogP) is 8.37. The van der Waals surface area contributed by atoms with Crippen LogP contribution in [0.3, 0.4) is 0 Å². The highest BCUT2D eigenvalue weighted by atomic mass is 35.5. The molecule has 4 aromatic rings. The number of nitriles is 1. The van der Waals surface area contributed by atoms with Crippen molar-refractivity contribution in [1.29, 1.82) is 5.26 Å². The Hall–Kier alpha value is -5.86. The van der Waals surface area contributed by atoms with Crippen LogP contribution in [0.1, 0.15) is 50.8 Å². The van der Waals surface area contributed by atoms with Crippen LogP contribution in [0.2, 0.25) is 27.7 Å². The Bertz CT molecular complexity index is 2080. The molecule has 0 aliphatic carbocycles. The topological polar surface area (TPSA) is 248 Å². The second-order valence-electron chi connectivity index (χ2n) is 10.4. The molecule has 0 bridgehead atoms. The van der Waals surface area contributed by atoms with E-state index in [0.29, 0.717) is 29.8 Å². The second kappa shape index (κ2) is 27.7. The molecule has 0 aliphatic heterocycles. The third kappa shape index (κ3) is 17.9. The number of benzene rings is 2. The molecule has 2 N–H and O–H groups in total. The zero-order valence-corrected chi connectivity index (χ0v) is 33.5. The smallest absolute Gasteiger partial charge is 0.353 e. The highest BCUT2D eigenvalue weighted by molar-refractivity contribution is 6.38. The zero-order chi connectivity index (χ0) is 43.1. The summed E-state index contributed by atoms with van der Waals surface area (Å²) in [5.41, 5.74) is 7.29. The highest BCUT2D eigenvalue weighted by Gasteiger charge is 2.29. The summed E-state index contributed by atoms with van der Waals surface area (Å²) < 4.78 is 9.76. The van der Waals surface area contributed by atoms with Gasteiger partial charge in [-0.25, -0.2) is 4.85 Å². The minimum atomic E-state index is -0.777. The molecule has 2 radical (unpaired) electrons. The van der Waals surface area contributed by atoms with Gasteiger partial charge in [0.1, 0.15) is 6.54 Å². The van der Waals surface area contributed by atoms with E-state index in [4.69, 9.17) is 73.4 Å². The van der Waals surface area contributed by atoms with E-state index in [0.717, 1.165) is 18.4 Å². The molecule has 0 atom stereocenters. The van der Waals surface area contributed by atoms with E-state index in [1.165, 1.54) is 11.7 Å². The van der Waals surface area contributed by atoms with Gasteiger partial charge in [0, 0.05) is 13.0 Å². The van der Waals surface area contributed by atoms with Gasteiger partial charge in [-0.15, -0.1) is 0 Å². The number of aryl methyl sites for hydroxylation is 1. The number of rotatable bonds is 13. The van der Waals surface area contributed by atoms with Gasteiger partial charge in [-0.3, -0.25) is 29.8 Å². The van der Waals surface area contributed by atoms with Crippen LogP contribution in [-0.2, 0) is 32.0 Å². The molecule has 0 amide bonds. The molecule has 4 rings (SSSR count). The minimum absolute atomic E-state index is 0. The Balaban J connectivity index is 0.000000891. The van der Waals surface area contributed by atoms with Crippen molar-refractivity contribution >= 4 is 94.9 Å². The zero-order valence-electron chi connectivity index (χ0n) is 30.5. The van der Waals surface area contributed by atoms with E-state index < -0.39 is 33.0 Å². The normalized spacial score (nSPS) is 9.47. The number of nitro groups is 2. The van der Waals surface area contributed by atoms with Crippen LogP contribution in [0.4, 0.5) is 28.7 Å². The van der Waals surface area contributed by atoms with Crippen molar-refractivity contribution < 1.29 is 28.9 Å². The number of nitrogen functional groups attached to an aromatic ring is 1. The number of anilines is 2. The number of esters is 2. The SMILES string of the molecule is C.CCOC(=O)CN(Cc1cccc(C#N)c1)c1nc(Cl)nc(N)c1[N+](=O)[O-].O=[N+]([O-])c1c(Cl)nc(Cl)nc1Cl.[B]C.[C-]#[N+]c1cccc(CCCC(=O)OCC)c1. The van der Waals surface area contributed by atoms with Crippen molar-refractivity contribution in [3.8, 4) is 6.07 Å². The summed E-state index contributed by atoms with van der Waals surface area (Å²) in [7, 11) is 4.50. The van der Waals surface area contributed by atoms with Crippen LogP contribution in [-0.4, -0.2) is 69.3 Å². The lowest BCUT2D eigenvalue weighted by Gasteiger charge is -2.23. The number of hydrogen-bond donors (Lipinski definition) is 1. The third-order valence-electron chi connectivity index (χ3n) is 6.55. The molecule has 2 aromatic heterocycles. The molecule has 0 fully saturated rings. The lowest BCUT2D eigenvalue weighted by molar-refractivity contribution is -0.385. The Morgan fingerprint density at radius 3 is 2.00 bits per heavy atom. The van der Waals surface area contributed by atoms with Crippen LogP contribution in [0, 0.1) is 38.1 Å². The van der Waals surface area contributed by atoms with Crippen molar-refractivity contribution in [2.75, 3.05) is 30.4 Å². The van der Waals surface area contributed by atoms with Crippen LogP contribution in [0.25, 0.3) is 4.85 Å². The van der Waals surface area contributed by atoms with Gasteiger partial charge in [-0.2, -0.15) is 25.2 Å². The number of nitrogens with zero attached hydrogens (tertiary/aromatic N) is 9. The first-order valence-corrected chi connectivity index (χ1v) is 17.7. The first kappa shape index (κ1) is 52.1. The lowest BCUT2D eigenvalue weighted by atomic mass is 10.1. The fourth-order valence-corrected chi connectivity index (χ4v) is 5.29. The monoisotopic (exact) mass is 876 g/mol. The number of halogens is 4. The summed E-state index contributed by atoms with van der Waals surface area (Å²) in [6.07, 6.45) is 2.01. The average molecular weight is 878 g/mol. The largest absolute Gasteiger partial charge is 0.466 e. The predicted molar refractivity (Wildman–Crippen MR) is 221 cm³/mol. The minimum Gasteiger partial charge on any atom is -0.466 e. The fraction of sp³-hybridized carbons (Fsp3) is 0.314. The molecule has 0 spiro atoms. The molecular weight excluding hydrogens is 841 g/mol. The number of carbonyl (C=O) groups is 2. The summed E-state index contributed by atoms with van der Waals surface area (Å²) in [5.74, 6) is -1.40. The number of aromatic nitrogens is 4. The first-order valence-electron chi connectivity index (χ1n) is 16.2. The van der Waals surface area contributed by atoms with E-state index in [2.05, 4.69) is 32.6 Å². The molecule has 23 heteroatoms. The summed E-state index contributed by atoms with van der Waals surface area (Å²) >= 11 is 21.9. The van der Waals surface area contributed by atoms with Gasteiger partial charge in [0.2, 0.25) is 32.5 Å². The summed E-state index contributed by atoms with van der Waals surface area (Å²) in [4.78, 5) is 62.1. The molecule has 2 heterocycles. The van der Waals surface area contributed by atoms with Gasteiger partial charge in [-0.1, -0.05) is 79.4 Å². The first-order chi connectivity index (χ1) is 27.1. The lowest BCUT2D eigenvalue weighted by Crippen LogP contribution is -2.32. The van der Waals surface area contributed by atoms with Gasteiger partial charge in [0.15, 0.2) is 5.69 Å². The number of ether oxygens (including phenoxy) is 2. The van der Waals surface area contributed by atoms with E-state index in [1.54, 1.807) is 44.2 Å². The van der Waals surface area contributed by atoms with Gasteiger partial charge < -0.3 is 20.1 Å². The molecule has 0 saturated heterocycles. The Morgan fingerprint density at radius 2 is 1.45 bits per heavy atom. The molecule has 306 valence electrons. The Labute approximate surface area is 355 Å². The van der Waals surface area contributed by atoms with Crippen LogP contribution in [0.5, 0.6) is 0 Å². The van der Waals surface area contributed by atoms with Crippen LogP contribution >= 0.6 is 46.4 Å². The summed E-state index contributed by atoms with van der Waals surface area (Å²) in [6.45, 7) is 12.1.